The number of ether oxygens (including phenoxy) is 2. The molecule has 0 unspecified atom stereocenters. The SMILES string of the molecule is COc1ccc(/C=C/C(=O)NCC(=O)NC2CC2)c(OC)c1. The van der Waals surface area contributed by atoms with Crippen molar-refractivity contribution in [2.24, 2.45) is 0 Å². The number of benzene rings is 1. The van der Waals surface area contributed by atoms with Crippen molar-refractivity contribution in [3.05, 3.63) is 29.8 Å². The van der Waals surface area contributed by atoms with E-state index in [0.29, 0.717) is 17.5 Å². The second-order valence-electron chi connectivity index (χ2n) is 5.00. The molecular weight excluding hydrogens is 284 g/mol. The van der Waals surface area contributed by atoms with Crippen LogP contribution in [0, 0.1) is 0 Å². The summed E-state index contributed by atoms with van der Waals surface area (Å²) in [5, 5.41) is 5.34. The Bertz CT molecular complexity index is 580. The molecule has 0 bridgehead atoms. The van der Waals surface area contributed by atoms with Crippen LogP contribution in [0.15, 0.2) is 24.3 Å². The summed E-state index contributed by atoms with van der Waals surface area (Å²) in [6.07, 6.45) is 5.05. The Morgan fingerprint density at radius 3 is 2.68 bits per heavy atom. The largest absolute Gasteiger partial charge is 0.497 e. The molecule has 1 aromatic carbocycles. The number of carbonyl (C=O) groups is 2. The second-order valence-corrected chi connectivity index (χ2v) is 5.00. The van der Waals surface area contributed by atoms with Crippen LogP contribution < -0.4 is 20.1 Å². The first-order valence-corrected chi connectivity index (χ1v) is 7.09. The number of hydrogen-bond acceptors (Lipinski definition) is 4. The standard InChI is InChI=1S/C16H20N2O4/c1-21-13-7-3-11(14(9-13)22-2)4-8-15(19)17-10-16(20)18-12-5-6-12/h3-4,7-9,12H,5-6,10H2,1-2H3,(H,17,19)(H,18,20)/b8-4+. The van der Waals surface area contributed by atoms with Gasteiger partial charge in [-0.05, 0) is 31.1 Å². The minimum Gasteiger partial charge on any atom is -0.497 e. The first-order valence-electron chi connectivity index (χ1n) is 7.09. The molecule has 2 rings (SSSR count). The second kappa shape index (κ2) is 7.49. The van der Waals surface area contributed by atoms with E-state index in [0.717, 1.165) is 18.4 Å². The summed E-state index contributed by atoms with van der Waals surface area (Å²) in [6, 6.07) is 5.61. The average molecular weight is 304 g/mol. The summed E-state index contributed by atoms with van der Waals surface area (Å²) in [7, 11) is 3.12. The van der Waals surface area contributed by atoms with Crippen molar-refractivity contribution in [2.75, 3.05) is 20.8 Å². The van der Waals surface area contributed by atoms with Crippen molar-refractivity contribution >= 4 is 17.9 Å². The molecular formula is C16H20N2O4. The number of carbonyl (C=O) groups excluding carboxylic acids is 2. The predicted octanol–water partition coefficient (Wildman–Crippen LogP) is 1.11. The zero-order valence-corrected chi connectivity index (χ0v) is 12.7. The van der Waals surface area contributed by atoms with Crippen molar-refractivity contribution in [2.45, 2.75) is 18.9 Å². The van der Waals surface area contributed by atoms with Gasteiger partial charge in [-0.2, -0.15) is 0 Å². The van der Waals surface area contributed by atoms with Crippen LogP contribution in [0.25, 0.3) is 6.08 Å². The Hall–Kier alpha value is -2.50. The summed E-state index contributed by atoms with van der Waals surface area (Å²) in [5.74, 6) is 0.792. The molecule has 0 atom stereocenters. The molecule has 6 nitrogen and oxygen atoms in total. The average Bonchev–Trinajstić information content (AvgIpc) is 3.34. The van der Waals surface area contributed by atoms with E-state index in [4.69, 9.17) is 9.47 Å². The van der Waals surface area contributed by atoms with Crippen LogP contribution in [0.2, 0.25) is 0 Å². The van der Waals surface area contributed by atoms with E-state index in [1.807, 2.05) is 0 Å². The summed E-state index contributed by atoms with van der Waals surface area (Å²) < 4.78 is 10.4. The molecule has 0 aromatic heterocycles. The van der Waals surface area contributed by atoms with Gasteiger partial charge in [0.05, 0.1) is 20.8 Å². The van der Waals surface area contributed by atoms with Gasteiger partial charge in [-0.15, -0.1) is 0 Å². The summed E-state index contributed by atoms with van der Waals surface area (Å²) >= 11 is 0. The first-order chi connectivity index (χ1) is 10.6. The maximum absolute atomic E-state index is 11.7. The molecule has 6 heteroatoms. The Balaban J connectivity index is 1.87. The Labute approximate surface area is 129 Å². The highest BCUT2D eigenvalue weighted by atomic mass is 16.5. The molecule has 1 aliphatic carbocycles. The van der Waals surface area contributed by atoms with Gasteiger partial charge in [-0.3, -0.25) is 9.59 Å². The number of methoxy groups -OCH3 is 2. The lowest BCUT2D eigenvalue weighted by Crippen LogP contribution is -2.37. The smallest absolute Gasteiger partial charge is 0.244 e. The maximum Gasteiger partial charge on any atom is 0.244 e. The molecule has 0 spiro atoms. The molecule has 0 radical (unpaired) electrons. The molecule has 0 aliphatic heterocycles. The minimum atomic E-state index is -0.330. The van der Waals surface area contributed by atoms with Crippen LogP contribution in [-0.2, 0) is 9.59 Å². The summed E-state index contributed by atoms with van der Waals surface area (Å²) in [6.45, 7) is -0.0145. The lowest BCUT2D eigenvalue weighted by atomic mass is 10.1. The maximum atomic E-state index is 11.7. The molecule has 1 fully saturated rings. The third kappa shape index (κ3) is 4.80. The normalized spacial score (nSPS) is 13.7. The number of nitrogens with one attached hydrogen (secondary N) is 2. The van der Waals surface area contributed by atoms with E-state index in [2.05, 4.69) is 10.6 Å². The van der Waals surface area contributed by atoms with Gasteiger partial charge >= 0.3 is 0 Å². The van der Waals surface area contributed by atoms with Gasteiger partial charge in [0, 0.05) is 23.7 Å². The Morgan fingerprint density at radius 2 is 2.05 bits per heavy atom. The van der Waals surface area contributed by atoms with Gasteiger partial charge in [-0.1, -0.05) is 0 Å². The molecule has 2 N–H and O–H groups in total. The van der Waals surface area contributed by atoms with Crippen molar-refractivity contribution in [3.63, 3.8) is 0 Å². The number of amides is 2. The van der Waals surface area contributed by atoms with Crippen molar-refractivity contribution in [1.82, 2.24) is 10.6 Å². The number of rotatable bonds is 7. The molecule has 22 heavy (non-hydrogen) atoms. The first kappa shape index (κ1) is 15.9. The van der Waals surface area contributed by atoms with Crippen LogP contribution in [0.3, 0.4) is 0 Å². The van der Waals surface area contributed by atoms with E-state index < -0.39 is 0 Å². The van der Waals surface area contributed by atoms with Crippen LogP contribution >= 0.6 is 0 Å². The van der Waals surface area contributed by atoms with Crippen LogP contribution in [-0.4, -0.2) is 38.6 Å². The van der Waals surface area contributed by atoms with Gasteiger partial charge in [0.2, 0.25) is 11.8 Å². The highest BCUT2D eigenvalue weighted by molar-refractivity contribution is 5.94. The van der Waals surface area contributed by atoms with Crippen molar-refractivity contribution in [1.29, 1.82) is 0 Å². The Kier molecular flexibility index (Phi) is 5.41. The minimum absolute atomic E-state index is 0.0145. The third-order valence-electron chi connectivity index (χ3n) is 3.22. The van der Waals surface area contributed by atoms with E-state index in [1.54, 1.807) is 38.5 Å². The fourth-order valence-electron chi connectivity index (χ4n) is 1.85. The quantitative estimate of drug-likeness (QED) is 0.740. The molecule has 1 aliphatic rings. The van der Waals surface area contributed by atoms with Crippen molar-refractivity contribution in [3.8, 4) is 11.5 Å². The van der Waals surface area contributed by atoms with E-state index in [-0.39, 0.29) is 18.4 Å². The number of hydrogen-bond donors (Lipinski definition) is 2. The highest BCUT2D eigenvalue weighted by Crippen LogP contribution is 2.25. The fraction of sp³-hybridized carbons (Fsp3) is 0.375. The van der Waals surface area contributed by atoms with Gasteiger partial charge in [0.25, 0.3) is 0 Å². The lowest BCUT2D eigenvalue weighted by Gasteiger charge is -2.07. The molecule has 0 heterocycles. The monoisotopic (exact) mass is 304 g/mol. The molecule has 2 amide bonds. The predicted molar refractivity (Wildman–Crippen MR) is 82.8 cm³/mol. The van der Waals surface area contributed by atoms with E-state index >= 15 is 0 Å². The topological polar surface area (TPSA) is 76.7 Å². The van der Waals surface area contributed by atoms with E-state index in [1.165, 1.54) is 6.08 Å². The molecule has 1 saturated carbocycles. The van der Waals surface area contributed by atoms with Crippen molar-refractivity contribution < 1.29 is 19.1 Å². The van der Waals surface area contributed by atoms with Gasteiger partial charge in [-0.25, -0.2) is 0 Å². The van der Waals surface area contributed by atoms with E-state index in [9.17, 15) is 9.59 Å². The molecule has 0 saturated heterocycles. The summed E-state index contributed by atoms with van der Waals surface area (Å²) in [5.41, 5.74) is 0.751. The Morgan fingerprint density at radius 1 is 1.27 bits per heavy atom. The van der Waals surface area contributed by atoms with Gasteiger partial charge < -0.3 is 20.1 Å². The zero-order valence-electron chi connectivity index (χ0n) is 12.7. The van der Waals surface area contributed by atoms with Crippen LogP contribution in [0.5, 0.6) is 11.5 Å². The van der Waals surface area contributed by atoms with Crippen LogP contribution in [0.1, 0.15) is 18.4 Å². The summed E-state index contributed by atoms with van der Waals surface area (Å²) in [4.78, 5) is 23.2. The van der Waals surface area contributed by atoms with Gasteiger partial charge in [0.15, 0.2) is 0 Å². The third-order valence-corrected chi connectivity index (χ3v) is 3.22. The highest BCUT2D eigenvalue weighted by Gasteiger charge is 2.22. The molecule has 1 aromatic rings. The van der Waals surface area contributed by atoms with Crippen LogP contribution in [0.4, 0.5) is 0 Å². The van der Waals surface area contributed by atoms with Gasteiger partial charge in [0.1, 0.15) is 11.5 Å². The fourth-order valence-corrected chi connectivity index (χ4v) is 1.85. The lowest BCUT2D eigenvalue weighted by molar-refractivity contribution is -0.124. The molecule has 118 valence electrons. The zero-order chi connectivity index (χ0) is 15.9.